The molecule has 0 unspecified atom stereocenters. The van der Waals surface area contributed by atoms with Gasteiger partial charge in [-0.05, 0) is 55.4 Å². The van der Waals surface area contributed by atoms with Crippen LogP contribution in [0.1, 0.15) is 128 Å². The van der Waals surface area contributed by atoms with Crippen LogP contribution in [0.5, 0.6) is 5.75 Å². The third-order valence-corrected chi connectivity index (χ3v) is 8.58. The molecule has 0 spiro atoms. The van der Waals surface area contributed by atoms with Gasteiger partial charge in [-0.2, -0.15) is 0 Å². The van der Waals surface area contributed by atoms with Crippen LogP contribution in [-0.2, 0) is 0 Å². The van der Waals surface area contributed by atoms with Crippen LogP contribution in [-0.4, -0.2) is 16.6 Å². The number of rotatable bonds is 14. The zero-order chi connectivity index (χ0) is 24.1. The summed E-state index contributed by atoms with van der Waals surface area (Å²) < 4.78 is 5.89. The molecule has 192 valence electrons. The molecule has 0 amide bonds. The molecule has 2 fully saturated rings. The molecule has 2 aliphatic carbocycles. The average molecular weight is 477 g/mol. The Morgan fingerprint density at radius 1 is 0.714 bits per heavy atom. The van der Waals surface area contributed by atoms with E-state index in [1.54, 1.807) is 0 Å². The van der Waals surface area contributed by atoms with Gasteiger partial charge in [-0.25, -0.2) is 9.97 Å². The van der Waals surface area contributed by atoms with E-state index in [0.717, 1.165) is 47.9 Å². The summed E-state index contributed by atoms with van der Waals surface area (Å²) in [4.78, 5) is 9.15. The van der Waals surface area contributed by atoms with E-state index < -0.39 is 0 Å². The second-order valence-electron chi connectivity index (χ2n) is 11.3. The minimum atomic E-state index is 0.728. The minimum Gasteiger partial charge on any atom is -0.490 e. The number of benzene rings is 1. The molecule has 3 nitrogen and oxygen atoms in total. The van der Waals surface area contributed by atoms with Crippen molar-refractivity contribution in [3.8, 4) is 17.1 Å². The Balaban J connectivity index is 1.15. The zero-order valence-corrected chi connectivity index (χ0v) is 22.2. The number of unbranched alkanes of at least 4 members (excludes halogenated alkanes) is 5. The van der Waals surface area contributed by atoms with Gasteiger partial charge in [0.15, 0.2) is 11.6 Å². The second kappa shape index (κ2) is 14.6. The van der Waals surface area contributed by atoms with Gasteiger partial charge < -0.3 is 4.74 Å². The van der Waals surface area contributed by atoms with Gasteiger partial charge in [0, 0.05) is 5.56 Å². The number of hydrogen-bond acceptors (Lipinski definition) is 3. The molecular weight excluding hydrogens is 428 g/mol. The van der Waals surface area contributed by atoms with Gasteiger partial charge in [0.1, 0.15) is 0 Å². The quantitative estimate of drug-likeness (QED) is 0.255. The van der Waals surface area contributed by atoms with Gasteiger partial charge in [0.05, 0.1) is 19.0 Å². The predicted octanol–water partition coefficient (Wildman–Crippen LogP) is 9.52. The molecule has 4 rings (SSSR count). The summed E-state index contributed by atoms with van der Waals surface area (Å²) >= 11 is 0. The van der Waals surface area contributed by atoms with Crippen molar-refractivity contribution >= 4 is 0 Å². The Kier molecular flexibility index (Phi) is 10.9. The van der Waals surface area contributed by atoms with E-state index in [1.807, 2.05) is 12.4 Å². The van der Waals surface area contributed by atoms with E-state index in [9.17, 15) is 0 Å². The van der Waals surface area contributed by atoms with E-state index in [0.29, 0.717) is 0 Å². The maximum absolute atomic E-state index is 5.89. The van der Waals surface area contributed by atoms with Gasteiger partial charge >= 0.3 is 0 Å². The summed E-state index contributed by atoms with van der Waals surface area (Å²) in [7, 11) is 0. The topological polar surface area (TPSA) is 35.0 Å². The average Bonchev–Trinajstić information content (AvgIpc) is 3.43. The molecule has 0 N–H and O–H groups in total. The third kappa shape index (κ3) is 8.62. The third-order valence-electron chi connectivity index (χ3n) is 8.58. The highest BCUT2D eigenvalue weighted by molar-refractivity contribution is 5.55. The molecule has 2 aliphatic rings. The van der Waals surface area contributed by atoms with E-state index >= 15 is 0 Å². The van der Waals surface area contributed by atoms with Crippen LogP contribution in [0.15, 0.2) is 36.7 Å². The van der Waals surface area contributed by atoms with Gasteiger partial charge in [0.25, 0.3) is 0 Å². The van der Waals surface area contributed by atoms with Crippen LogP contribution < -0.4 is 4.74 Å². The van der Waals surface area contributed by atoms with Crippen LogP contribution in [0.4, 0.5) is 0 Å². The highest BCUT2D eigenvalue weighted by Gasteiger charge is 2.22. The van der Waals surface area contributed by atoms with E-state index in [1.165, 1.54) is 108 Å². The zero-order valence-electron chi connectivity index (χ0n) is 22.2. The summed E-state index contributed by atoms with van der Waals surface area (Å²) in [6.07, 6.45) is 27.2. The monoisotopic (exact) mass is 476 g/mol. The molecule has 35 heavy (non-hydrogen) atoms. The van der Waals surface area contributed by atoms with Crippen LogP contribution in [0, 0.1) is 11.8 Å². The Labute approximate surface area is 214 Å². The van der Waals surface area contributed by atoms with E-state index in [4.69, 9.17) is 4.74 Å². The molecule has 3 heteroatoms. The smallest absolute Gasteiger partial charge is 0.159 e. The van der Waals surface area contributed by atoms with Crippen molar-refractivity contribution in [2.75, 3.05) is 6.61 Å². The largest absolute Gasteiger partial charge is 0.490 e. The van der Waals surface area contributed by atoms with Crippen molar-refractivity contribution in [2.45, 2.75) is 122 Å². The number of hydrogen-bond donors (Lipinski definition) is 0. The summed E-state index contributed by atoms with van der Waals surface area (Å²) in [6, 6.07) is 9.01. The lowest BCUT2D eigenvalue weighted by Crippen LogP contribution is -2.13. The van der Waals surface area contributed by atoms with Crippen molar-refractivity contribution in [1.29, 1.82) is 0 Å². The molecular formula is C32H48N2O. The minimum absolute atomic E-state index is 0.728. The first-order valence-corrected chi connectivity index (χ1v) is 14.9. The lowest BCUT2D eigenvalue weighted by molar-refractivity contribution is 0.300. The van der Waals surface area contributed by atoms with Gasteiger partial charge in [-0.15, -0.1) is 0 Å². The molecule has 0 bridgehead atoms. The Hall–Kier alpha value is -1.90. The van der Waals surface area contributed by atoms with Crippen molar-refractivity contribution < 1.29 is 4.74 Å². The molecule has 0 atom stereocenters. The molecule has 1 aromatic heterocycles. The second-order valence-corrected chi connectivity index (χ2v) is 11.3. The first-order chi connectivity index (χ1) is 17.3. The predicted molar refractivity (Wildman–Crippen MR) is 147 cm³/mol. The van der Waals surface area contributed by atoms with Gasteiger partial charge in [0.2, 0.25) is 0 Å². The summed E-state index contributed by atoms with van der Waals surface area (Å²) in [5.41, 5.74) is 2.59. The van der Waals surface area contributed by atoms with Crippen molar-refractivity contribution in [3.63, 3.8) is 0 Å². The lowest BCUT2D eigenvalue weighted by Gasteiger charge is -2.29. The SMILES string of the molecule is CCCCCC[C@H]1CC[C@H](c2ccc(-c3ncc(OCCCCCC4CCCC4)cn3)cc2)CC1. The van der Waals surface area contributed by atoms with Crippen molar-refractivity contribution in [2.24, 2.45) is 11.8 Å². The molecule has 2 saturated carbocycles. The Bertz CT molecular complexity index is 818. The molecule has 1 heterocycles. The van der Waals surface area contributed by atoms with Crippen LogP contribution >= 0.6 is 0 Å². The summed E-state index contributed by atoms with van der Waals surface area (Å²) in [5, 5.41) is 0. The summed E-state index contributed by atoms with van der Waals surface area (Å²) in [6.45, 7) is 3.07. The Morgan fingerprint density at radius 3 is 2.00 bits per heavy atom. The highest BCUT2D eigenvalue weighted by atomic mass is 16.5. The van der Waals surface area contributed by atoms with E-state index in [2.05, 4.69) is 41.2 Å². The lowest BCUT2D eigenvalue weighted by atomic mass is 9.77. The van der Waals surface area contributed by atoms with E-state index in [-0.39, 0.29) is 0 Å². The maximum Gasteiger partial charge on any atom is 0.159 e. The highest BCUT2D eigenvalue weighted by Crippen LogP contribution is 2.38. The fourth-order valence-electron chi connectivity index (χ4n) is 6.29. The Morgan fingerprint density at radius 2 is 1.34 bits per heavy atom. The fourth-order valence-corrected chi connectivity index (χ4v) is 6.29. The molecule has 2 aromatic rings. The van der Waals surface area contributed by atoms with Crippen LogP contribution in [0.3, 0.4) is 0 Å². The molecule has 0 saturated heterocycles. The first kappa shape index (κ1) is 26.2. The van der Waals surface area contributed by atoms with Crippen LogP contribution in [0.2, 0.25) is 0 Å². The summed E-state index contributed by atoms with van der Waals surface area (Å²) in [5.74, 6) is 4.27. The van der Waals surface area contributed by atoms with Gasteiger partial charge in [-0.3, -0.25) is 0 Å². The number of aromatic nitrogens is 2. The molecule has 0 radical (unpaired) electrons. The molecule has 0 aliphatic heterocycles. The molecule has 1 aromatic carbocycles. The standard InChI is InChI=1S/C32H48N2O/c1-2-3-4-6-12-27-15-17-28(18-16-27)29-19-21-30(22-20-29)32-33-24-31(25-34-32)35-23-10-5-7-11-26-13-8-9-14-26/h19-22,24-28H,2-18,23H2,1H3/t27-,28-. The fraction of sp³-hybridized carbons (Fsp3) is 0.688. The number of nitrogens with zero attached hydrogens (tertiary/aromatic N) is 2. The van der Waals surface area contributed by atoms with Gasteiger partial charge in [-0.1, -0.05) is 108 Å². The van der Waals surface area contributed by atoms with Crippen molar-refractivity contribution in [3.05, 3.63) is 42.2 Å². The maximum atomic E-state index is 5.89. The van der Waals surface area contributed by atoms with Crippen molar-refractivity contribution in [1.82, 2.24) is 9.97 Å². The number of ether oxygens (including phenoxy) is 1. The first-order valence-electron chi connectivity index (χ1n) is 14.9. The van der Waals surface area contributed by atoms with Crippen LogP contribution in [0.25, 0.3) is 11.4 Å². The normalized spacial score (nSPS) is 20.8.